The van der Waals surface area contributed by atoms with E-state index in [1.54, 1.807) is 0 Å². The van der Waals surface area contributed by atoms with Crippen LogP contribution in [0.25, 0.3) is 11.0 Å². The predicted molar refractivity (Wildman–Crippen MR) is 134 cm³/mol. The van der Waals surface area contributed by atoms with Crippen LogP contribution in [0.5, 0.6) is 0 Å². The molecule has 1 saturated heterocycles. The van der Waals surface area contributed by atoms with Gasteiger partial charge >= 0.3 is 0 Å². The first kappa shape index (κ1) is 24.3. The van der Waals surface area contributed by atoms with Crippen molar-refractivity contribution in [1.82, 2.24) is 30.0 Å². The van der Waals surface area contributed by atoms with Gasteiger partial charge in [0.15, 0.2) is 5.82 Å². The topological polar surface area (TPSA) is 102 Å². The molecule has 1 aliphatic heterocycles. The summed E-state index contributed by atoms with van der Waals surface area (Å²) in [5, 5.41) is 11.8. The van der Waals surface area contributed by atoms with Crippen molar-refractivity contribution in [3.63, 3.8) is 0 Å². The minimum absolute atomic E-state index is 0.365. The van der Waals surface area contributed by atoms with Crippen molar-refractivity contribution in [3.8, 4) is 0 Å². The maximum absolute atomic E-state index is 5.75. The highest BCUT2D eigenvalue weighted by molar-refractivity contribution is 5.90. The largest absolute Gasteiger partial charge is 0.380 e. The van der Waals surface area contributed by atoms with Gasteiger partial charge in [0.05, 0.1) is 19.8 Å². The highest BCUT2D eigenvalue weighted by Gasteiger charge is 2.24. The van der Waals surface area contributed by atoms with Crippen LogP contribution in [0.15, 0.2) is 18.2 Å². The Morgan fingerprint density at radius 1 is 1.15 bits per heavy atom. The Labute approximate surface area is 201 Å². The summed E-state index contributed by atoms with van der Waals surface area (Å²) in [4.78, 5) is 16.8. The number of piperazine rings is 1. The molecule has 3 aromatic rings. The summed E-state index contributed by atoms with van der Waals surface area (Å²) in [6, 6.07) is 6.27. The molecule has 0 unspecified atom stereocenters. The standard InChI is InChI=1S/C24H36N8O2/c1-5-13-34-14-12-32-22-21(19(30-32)16-33-6-2)28-24(31-11-10-25-18(4)15-31)29-23(22)27-20-9-7-8-17(3)26-20/h7-9,18,25H,5-6,10-16H2,1-4H3,(H,26,27,28,29)/t18-/m1/s1. The zero-order chi connectivity index (χ0) is 23.9. The quantitative estimate of drug-likeness (QED) is 0.411. The lowest BCUT2D eigenvalue weighted by molar-refractivity contribution is 0.122. The van der Waals surface area contributed by atoms with Crippen LogP contribution in [0.4, 0.5) is 17.6 Å². The molecule has 0 aliphatic carbocycles. The Morgan fingerprint density at radius 2 is 2.03 bits per heavy atom. The fourth-order valence-corrected chi connectivity index (χ4v) is 4.06. The molecule has 10 nitrogen and oxygen atoms in total. The van der Waals surface area contributed by atoms with Crippen LogP contribution in [0.1, 0.15) is 38.6 Å². The van der Waals surface area contributed by atoms with E-state index >= 15 is 0 Å². The van der Waals surface area contributed by atoms with E-state index in [1.807, 2.05) is 36.7 Å². The summed E-state index contributed by atoms with van der Waals surface area (Å²) in [5.41, 5.74) is 3.38. The summed E-state index contributed by atoms with van der Waals surface area (Å²) in [5.74, 6) is 2.12. The molecule has 1 aliphatic rings. The van der Waals surface area contributed by atoms with Gasteiger partial charge in [-0.25, -0.2) is 9.97 Å². The van der Waals surface area contributed by atoms with Crippen molar-refractivity contribution in [1.29, 1.82) is 0 Å². The molecule has 0 aromatic carbocycles. The average molecular weight is 469 g/mol. The number of fused-ring (bicyclic) bond motifs is 1. The number of pyridine rings is 1. The third-order valence-corrected chi connectivity index (χ3v) is 5.67. The molecule has 184 valence electrons. The fraction of sp³-hybridized carbons (Fsp3) is 0.583. The molecule has 0 spiro atoms. The zero-order valence-electron chi connectivity index (χ0n) is 20.7. The lowest BCUT2D eigenvalue weighted by Gasteiger charge is -2.32. The van der Waals surface area contributed by atoms with Crippen LogP contribution in [-0.4, -0.2) is 70.2 Å². The number of nitrogens with one attached hydrogen (secondary N) is 2. The van der Waals surface area contributed by atoms with Crippen molar-refractivity contribution in [2.24, 2.45) is 0 Å². The summed E-state index contributed by atoms with van der Waals surface area (Å²) < 4.78 is 13.4. The Bertz CT molecular complexity index is 1090. The number of aryl methyl sites for hydroxylation is 1. The first-order chi connectivity index (χ1) is 16.6. The van der Waals surface area contributed by atoms with Gasteiger partial charge in [-0.1, -0.05) is 13.0 Å². The van der Waals surface area contributed by atoms with Gasteiger partial charge < -0.3 is 25.0 Å². The van der Waals surface area contributed by atoms with Gasteiger partial charge in [0.25, 0.3) is 0 Å². The second-order valence-electron chi connectivity index (χ2n) is 8.58. The molecular weight excluding hydrogens is 432 g/mol. The highest BCUT2D eigenvalue weighted by atomic mass is 16.5. The minimum Gasteiger partial charge on any atom is -0.380 e. The first-order valence-electron chi connectivity index (χ1n) is 12.2. The van der Waals surface area contributed by atoms with Gasteiger partial charge in [-0.15, -0.1) is 0 Å². The predicted octanol–water partition coefficient (Wildman–Crippen LogP) is 3.03. The molecule has 0 amide bonds. The van der Waals surface area contributed by atoms with Crippen molar-refractivity contribution in [3.05, 3.63) is 29.6 Å². The fourth-order valence-electron chi connectivity index (χ4n) is 4.06. The van der Waals surface area contributed by atoms with E-state index in [2.05, 4.69) is 34.4 Å². The van der Waals surface area contributed by atoms with E-state index in [4.69, 9.17) is 24.5 Å². The van der Waals surface area contributed by atoms with E-state index in [-0.39, 0.29) is 0 Å². The molecule has 4 rings (SSSR count). The molecule has 34 heavy (non-hydrogen) atoms. The molecular formula is C24H36N8O2. The molecule has 4 heterocycles. The monoisotopic (exact) mass is 468 g/mol. The molecule has 0 saturated carbocycles. The molecule has 1 atom stereocenters. The number of hydrogen-bond acceptors (Lipinski definition) is 9. The summed E-state index contributed by atoms with van der Waals surface area (Å²) in [7, 11) is 0. The first-order valence-corrected chi connectivity index (χ1v) is 12.2. The van der Waals surface area contributed by atoms with Crippen LogP contribution in [0.3, 0.4) is 0 Å². The smallest absolute Gasteiger partial charge is 0.228 e. The van der Waals surface area contributed by atoms with Crippen LogP contribution < -0.4 is 15.5 Å². The number of hydrogen-bond donors (Lipinski definition) is 2. The van der Waals surface area contributed by atoms with Crippen LogP contribution in [-0.2, 0) is 22.6 Å². The molecule has 1 fully saturated rings. The lowest BCUT2D eigenvalue weighted by Crippen LogP contribution is -2.49. The van der Waals surface area contributed by atoms with Crippen LogP contribution >= 0.6 is 0 Å². The summed E-state index contributed by atoms with van der Waals surface area (Å²) in [6.07, 6.45) is 0.983. The Hall–Kier alpha value is -2.82. The van der Waals surface area contributed by atoms with Gasteiger partial charge in [0.2, 0.25) is 5.95 Å². The normalized spacial score (nSPS) is 16.4. The molecule has 0 radical (unpaired) electrons. The molecule has 10 heteroatoms. The van der Waals surface area contributed by atoms with E-state index < -0.39 is 0 Å². The summed E-state index contributed by atoms with van der Waals surface area (Å²) >= 11 is 0. The number of rotatable bonds is 11. The van der Waals surface area contributed by atoms with Gasteiger partial charge in [0, 0.05) is 44.6 Å². The van der Waals surface area contributed by atoms with E-state index in [0.29, 0.717) is 44.2 Å². The number of nitrogens with zero attached hydrogens (tertiary/aromatic N) is 6. The Balaban J connectivity index is 1.79. The zero-order valence-corrected chi connectivity index (χ0v) is 20.7. The molecule has 2 N–H and O–H groups in total. The second-order valence-corrected chi connectivity index (χ2v) is 8.58. The lowest BCUT2D eigenvalue weighted by atomic mass is 10.2. The van der Waals surface area contributed by atoms with Gasteiger partial charge in [0.1, 0.15) is 22.5 Å². The highest BCUT2D eigenvalue weighted by Crippen LogP contribution is 2.29. The van der Waals surface area contributed by atoms with Gasteiger partial charge in [-0.2, -0.15) is 10.1 Å². The number of aromatic nitrogens is 5. The maximum Gasteiger partial charge on any atom is 0.228 e. The van der Waals surface area contributed by atoms with Crippen molar-refractivity contribution >= 4 is 28.6 Å². The second kappa shape index (κ2) is 11.5. The van der Waals surface area contributed by atoms with Crippen molar-refractivity contribution < 1.29 is 9.47 Å². The third-order valence-electron chi connectivity index (χ3n) is 5.67. The van der Waals surface area contributed by atoms with Crippen molar-refractivity contribution in [2.75, 3.05) is 49.7 Å². The molecule has 3 aromatic heterocycles. The van der Waals surface area contributed by atoms with Gasteiger partial charge in [-0.3, -0.25) is 4.68 Å². The Morgan fingerprint density at radius 3 is 2.79 bits per heavy atom. The van der Waals surface area contributed by atoms with Crippen molar-refractivity contribution in [2.45, 2.75) is 53.3 Å². The Kier molecular flexibility index (Phi) is 8.25. The SMILES string of the molecule is CCCOCCn1nc(COCC)c2nc(N3CCN[C@H](C)C3)nc(Nc3cccc(C)n3)c21. The van der Waals surface area contributed by atoms with E-state index in [9.17, 15) is 0 Å². The number of anilines is 3. The molecule has 0 bridgehead atoms. The average Bonchev–Trinajstić information content (AvgIpc) is 3.18. The minimum atomic E-state index is 0.365. The number of ether oxygens (including phenoxy) is 2. The maximum atomic E-state index is 5.75. The van der Waals surface area contributed by atoms with Crippen LogP contribution in [0.2, 0.25) is 0 Å². The van der Waals surface area contributed by atoms with E-state index in [1.165, 1.54) is 0 Å². The third kappa shape index (κ3) is 5.81. The van der Waals surface area contributed by atoms with Gasteiger partial charge in [-0.05, 0) is 39.3 Å². The van der Waals surface area contributed by atoms with E-state index in [0.717, 1.165) is 60.9 Å². The summed E-state index contributed by atoms with van der Waals surface area (Å²) in [6.45, 7) is 13.7. The van der Waals surface area contributed by atoms with Crippen LogP contribution in [0, 0.1) is 6.92 Å².